The second-order valence-electron chi connectivity index (χ2n) is 17.3. The van der Waals surface area contributed by atoms with Crippen LogP contribution >= 0.6 is 0 Å². The van der Waals surface area contributed by atoms with Gasteiger partial charge in [0, 0.05) is 10.8 Å². The third-order valence-corrected chi connectivity index (χ3v) is 12.5. The van der Waals surface area contributed by atoms with E-state index in [2.05, 4.69) is 188 Å². The zero-order valence-electron chi connectivity index (χ0n) is 31.3. The Kier molecular flexibility index (Phi) is 6.35. The van der Waals surface area contributed by atoms with Gasteiger partial charge in [0.1, 0.15) is 0 Å². The van der Waals surface area contributed by atoms with E-state index in [1.807, 2.05) is 0 Å². The lowest BCUT2D eigenvalue weighted by Crippen LogP contribution is -2.17. The summed E-state index contributed by atoms with van der Waals surface area (Å²) in [6.45, 7) is 16.7. The van der Waals surface area contributed by atoms with Crippen LogP contribution in [-0.4, -0.2) is 0 Å². The summed E-state index contributed by atoms with van der Waals surface area (Å²) in [5.74, 6) is 0. The highest BCUT2D eigenvalue weighted by atomic mass is 14.4. The first-order valence-corrected chi connectivity index (χ1v) is 18.9. The smallest absolute Gasteiger partial charge is 0.0159 e. The monoisotopic (exact) mass is 668 g/mol. The molecule has 0 spiro atoms. The summed E-state index contributed by atoms with van der Waals surface area (Å²) in [6.07, 6.45) is 0. The van der Waals surface area contributed by atoms with Gasteiger partial charge in [-0.05, 0) is 134 Å². The normalized spacial score (nSPS) is 15.1. The molecular weight excluding hydrogens is 625 g/mol. The van der Waals surface area contributed by atoms with Crippen molar-refractivity contribution in [2.45, 2.75) is 64.7 Å². The molecular formula is C52H44. The van der Waals surface area contributed by atoms with Crippen molar-refractivity contribution in [2.24, 2.45) is 0 Å². The molecule has 2 aliphatic rings. The van der Waals surface area contributed by atoms with E-state index in [0.29, 0.717) is 0 Å². The van der Waals surface area contributed by atoms with E-state index in [-0.39, 0.29) is 16.2 Å². The molecule has 0 nitrogen and oxygen atoms in total. The average molecular weight is 669 g/mol. The van der Waals surface area contributed by atoms with Crippen molar-refractivity contribution < 1.29 is 0 Å². The molecule has 52 heavy (non-hydrogen) atoms. The fraction of sp³-hybridized carbons (Fsp3) is 0.192. The highest BCUT2D eigenvalue weighted by Crippen LogP contribution is 2.56. The van der Waals surface area contributed by atoms with Crippen LogP contribution in [0.3, 0.4) is 0 Å². The Hall–Kier alpha value is -5.46. The van der Waals surface area contributed by atoms with Crippen LogP contribution in [0.5, 0.6) is 0 Å². The molecule has 10 rings (SSSR count). The van der Waals surface area contributed by atoms with Crippen LogP contribution in [0.2, 0.25) is 0 Å². The van der Waals surface area contributed by atoms with Crippen molar-refractivity contribution in [3.05, 3.63) is 167 Å². The zero-order valence-corrected chi connectivity index (χ0v) is 31.3. The molecule has 2 aliphatic carbocycles. The lowest BCUT2D eigenvalue weighted by Gasteiger charge is -2.27. The van der Waals surface area contributed by atoms with Crippen molar-refractivity contribution in [3.8, 4) is 44.5 Å². The summed E-state index contributed by atoms with van der Waals surface area (Å²) >= 11 is 0. The fourth-order valence-corrected chi connectivity index (χ4v) is 10.0. The molecule has 0 aromatic heterocycles. The third kappa shape index (κ3) is 4.21. The Balaban J connectivity index is 1.18. The Labute approximate surface area is 307 Å². The van der Waals surface area contributed by atoms with E-state index in [0.717, 1.165) is 0 Å². The van der Waals surface area contributed by atoms with Gasteiger partial charge in [0.05, 0.1) is 0 Å². The van der Waals surface area contributed by atoms with Gasteiger partial charge in [-0.25, -0.2) is 0 Å². The van der Waals surface area contributed by atoms with Gasteiger partial charge < -0.3 is 0 Å². The predicted molar refractivity (Wildman–Crippen MR) is 224 cm³/mol. The van der Waals surface area contributed by atoms with Crippen LogP contribution in [0.4, 0.5) is 0 Å². The molecule has 0 heterocycles. The van der Waals surface area contributed by atoms with Gasteiger partial charge in [0.15, 0.2) is 0 Å². The van der Waals surface area contributed by atoms with E-state index in [1.165, 1.54) is 105 Å². The molecule has 0 amide bonds. The molecule has 0 radical (unpaired) electrons. The lowest BCUT2D eigenvalue weighted by molar-refractivity contribution is 0.601. The van der Waals surface area contributed by atoms with Crippen molar-refractivity contribution in [1.82, 2.24) is 0 Å². The predicted octanol–water partition coefficient (Wildman–Crippen LogP) is 14.4. The van der Waals surface area contributed by atoms with E-state index < -0.39 is 0 Å². The van der Waals surface area contributed by atoms with Crippen LogP contribution in [0.25, 0.3) is 76.8 Å². The molecule has 0 fully saturated rings. The van der Waals surface area contributed by atoms with Crippen LogP contribution in [0.15, 0.2) is 140 Å². The number of hydrogen-bond donors (Lipinski definition) is 0. The number of rotatable bonds is 2. The van der Waals surface area contributed by atoms with Crippen molar-refractivity contribution in [1.29, 1.82) is 0 Å². The second-order valence-corrected chi connectivity index (χ2v) is 17.3. The molecule has 0 heteroatoms. The van der Waals surface area contributed by atoms with E-state index in [1.54, 1.807) is 0 Å². The number of fused-ring (bicyclic) bond motifs is 9. The van der Waals surface area contributed by atoms with Gasteiger partial charge in [0.25, 0.3) is 0 Å². The minimum atomic E-state index is -0.109. The lowest BCUT2D eigenvalue weighted by atomic mass is 9.77. The second kappa shape index (κ2) is 10.5. The van der Waals surface area contributed by atoms with E-state index >= 15 is 0 Å². The maximum Gasteiger partial charge on any atom is 0.0159 e. The molecule has 8 aromatic rings. The Morgan fingerprint density at radius 3 is 1.63 bits per heavy atom. The average Bonchev–Trinajstić information content (AvgIpc) is 3.50. The largest absolute Gasteiger partial charge is 0.0619 e. The van der Waals surface area contributed by atoms with E-state index in [4.69, 9.17) is 0 Å². The molecule has 0 aliphatic heterocycles. The Morgan fingerprint density at radius 1 is 0.365 bits per heavy atom. The first kappa shape index (κ1) is 31.3. The molecule has 0 N–H and O–H groups in total. The van der Waals surface area contributed by atoms with Crippen LogP contribution in [-0.2, 0) is 16.2 Å². The van der Waals surface area contributed by atoms with Crippen molar-refractivity contribution in [2.75, 3.05) is 0 Å². The summed E-state index contributed by atoms with van der Waals surface area (Å²) in [5.41, 5.74) is 17.7. The molecule has 0 saturated carbocycles. The van der Waals surface area contributed by atoms with Crippen LogP contribution < -0.4 is 0 Å². The minimum Gasteiger partial charge on any atom is -0.0619 e. The first-order valence-electron chi connectivity index (χ1n) is 18.9. The van der Waals surface area contributed by atoms with Gasteiger partial charge in [-0.3, -0.25) is 0 Å². The highest BCUT2D eigenvalue weighted by Gasteiger charge is 2.41. The summed E-state index contributed by atoms with van der Waals surface area (Å²) < 4.78 is 0. The quantitative estimate of drug-likeness (QED) is 0.161. The van der Waals surface area contributed by atoms with E-state index in [9.17, 15) is 0 Å². The first-order chi connectivity index (χ1) is 24.9. The molecule has 0 unspecified atom stereocenters. The standard InChI is InChI=1S/C52H44/c1-50(2,3)49-40-20-11-10-19-38(40)48(37-21-14-16-31-15-8-9-17-34(31)37)39-26-24-32(27-43(39)49)33-23-25-36-42-30-46-41(29-47(42)52(6,7)45(36)28-33)35-18-12-13-22-44(35)51(46,4)5/h8-30H,1-7H3. The molecule has 0 bridgehead atoms. The van der Waals surface area contributed by atoms with Gasteiger partial charge in [-0.1, -0.05) is 164 Å². The van der Waals surface area contributed by atoms with Crippen LogP contribution in [0, 0.1) is 0 Å². The Bertz CT molecular complexity index is 2810. The third-order valence-electron chi connectivity index (χ3n) is 12.5. The van der Waals surface area contributed by atoms with Crippen molar-refractivity contribution in [3.63, 3.8) is 0 Å². The molecule has 8 aromatic carbocycles. The highest BCUT2D eigenvalue weighted by molar-refractivity contribution is 6.19. The minimum absolute atomic E-state index is 0.0152. The SMILES string of the molecule is CC(C)(C)c1c2ccccc2c(-c2cccc3ccccc23)c2ccc(-c3ccc4c(c3)C(C)(C)c3cc5c(cc3-4)C(C)(C)c3ccccc3-5)cc12. The topological polar surface area (TPSA) is 0 Å². The number of benzene rings is 8. The maximum atomic E-state index is 2.52. The van der Waals surface area contributed by atoms with Gasteiger partial charge in [0.2, 0.25) is 0 Å². The zero-order chi connectivity index (χ0) is 35.7. The fourth-order valence-electron chi connectivity index (χ4n) is 10.0. The maximum absolute atomic E-state index is 2.52. The molecule has 0 saturated heterocycles. The Morgan fingerprint density at radius 2 is 0.885 bits per heavy atom. The van der Waals surface area contributed by atoms with Crippen molar-refractivity contribution >= 4 is 32.3 Å². The van der Waals surface area contributed by atoms with Gasteiger partial charge in [-0.2, -0.15) is 0 Å². The summed E-state index contributed by atoms with van der Waals surface area (Å²) in [7, 11) is 0. The summed E-state index contributed by atoms with van der Waals surface area (Å²) in [4.78, 5) is 0. The summed E-state index contributed by atoms with van der Waals surface area (Å²) in [5, 5.41) is 7.88. The number of hydrogen-bond acceptors (Lipinski definition) is 0. The molecule has 252 valence electrons. The van der Waals surface area contributed by atoms with Crippen LogP contribution in [0.1, 0.15) is 76.3 Å². The summed E-state index contributed by atoms with van der Waals surface area (Å²) in [6, 6.07) is 53.2. The molecule has 0 atom stereocenters. The van der Waals surface area contributed by atoms with Gasteiger partial charge in [-0.15, -0.1) is 0 Å². The van der Waals surface area contributed by atoms with Gasteiger partial charge >= 0.3 is 0 Å².